The smallest absolute Gasteiger partial charge is 0.264 e. The van der Waals surface area contributed by atoms with Crippen LogP contribution in [0.1, 0.15) is 53.2 Å². The number of rotatable bonds is 6. The lowest BCUT2D eigenvalue weighted by molar-refractivity contribution is 0.101. The number of nitrogens with zero attached hydrogens (tertiary/aromatic N) is 2. The van der Waals surface area contributed by atoms with Crippen LogP contribution in [-0.4, -0.2) is 29.4 Å². The number of ketones is 1. The van der Waals surface area contributed by atoms with Crippen molar-refractivity contribution in [3.63, 3.8) is 0 Å². The molecule has 1 aliphatic rings. The Bertz CT molecular complexity index is 1160. The predicted molar refractivity (Wildman–Crippen MR) is 103 cm³/mol. The van der Waals surface area contributed by atoms with E-state index in [1.165, 1.54) is 6.92 Å². The third kappa shape index (κ3) is 3.33. The highest BCUT2D eigenvalue weighted by molar-refractivity contribution is 7.92. The Morgan fingerprint density at radius 3 is 2.46 bits per heavy atom. The molecule has 9 heteroatoms. The van der Waals surface area contributed by atoms with Gasteiger partial charge in [-0.15, -0.1) is 10.2 Å². The molecule has 0 amide bonds. The van der Waals surface area contributed by atoms with Gasteiger partial charge in [0.05, 0.1) is 0 Å². The lowest BCUT2D eigenvalue weighted by atomic mass is 10.1. The van der Waals surface area contributed by atoms with Gasteiger partial charge in [0, 0.05) is 28.4 Å². The molecule has 0 unspecified atom stereocenters. The van der Waals surface area contributed by atoms with Crippen LogP contribution in [0.15, 0.2) is 33.6 Å². The fourth-order valence-electron chi connectivity index (χ4n) is 3.16. The highest BCUT2D eigenvalue weighted by atomic mass is 32.2. The summed E-state index contributed by atoms with van der Waals surface area (Å²) in [5.74, 6) is 1.12. The lowest BCUT2D eigenvalue weighted by Crippen LogP contribution is -2.14. The van der Waals surface area contributed by atoms with Gasteiger partial charge in [-0.3, -0.25) is 9.52 Å². The van der Waals surface area contributed by atoms with Crippen molar-refractivity contribution in [2.75, 3.05) is 4.72 Å². The number of nitrogens with one attached hydrogen (secondary N) is 2. The van der Waals surface area contributed by atoms with E-state index in [2.05, 4.69) is 19.9 Å². The van der Waals surface area contributed by atoms with E-state index in [9.17, 15) is 13.2 Å². The molecule has 8 nitrogen and oxygen atoms in total. The van der Waals surface area contributed by atoms with Crippen molar-refractivity contribution in [3.8, 4) is 11.6 Å². The molecule has 1 saturated carbocycles. The number of hydrogen-bond acceptors (Lipinski definition) is 6. The summed E-state index contributed by atoms with van der Waals surface area (Å²) in [5.41, 5.74) is 2.38. The molecule has 1 aromatic carbocycles. The van der Waals surface area contributed by atoms with Gasteiger partial charge in [0.15, 0.2) is 5.78 Å². The lowest BCUT2D eigenvalue weighted by Gasteiger charge is -2.09. The number of H-pyrrole nitrogens is 1. The first-order chi connectivity index (χ1) is 13.3. The van der Waals surface area contributed by atoms with E-state index < -0.39 is 10.0 Å². The van der Waals surface area contributed by atoms with E-state index >= 15 is 0 Å². The van der Waals surface area contributed by atoms with Gasteiger partial charge >= 0.3 is 0 Å². The summed E-state index contributed by atoms with van der Waals surface area (Å²) in [5, 5.41) is 8.12. The second-order valence-electron chi connectivity index (χ2n) is 7.04. The van der Waals surface area contributed by atoms with Gasteiger partial charge < -0.3 is 9.40 Å². The zero-order valence-corrected chi connectivity index (χ0v) is 16.6. The van der Waals surface area contributed by atoms with Gasteiger partial charge in [-0.1, -0.05) is 0 Å². The molecule has 2 N–H and O–H groups in total. The number of hydrogen-bond donors (Lipinski definition) is 2. The number of aromatic nitrogens is 3. The van der Waals surface area contributed by atoms with Gasteiger partial charge in [-0.2, -0.15) is 0 Å². The summed E-state index contributed by atoms with van der Waals surface area (Å²) < 4.78 is 34.2. The number of benzene rings is 1. The third-order valence-corrected chi connectivity index (χ3v) is 6.42. The van der Waals surface area contributed by atoms with Crippen LogP contribution in [0.5, 0.6) is 0 Å². The average molecular weight is 400 g/mol. The highest BCUT2D eigenvalue weighted by Crippen LogP contribution is 2.40. The molecular formula is C19H20N4O4S. The number of Topliss-reactive ketones (excluding diaryl/α,β-unsaturated/α-hetero) is 1. The molecule has 0 bridgehead atoms. The molecule has 0 saturated heterocycles. The average Bonchev–Trinajstić information content (AvgIpc) is 3.28. The van der Waals surface area contributed by atoms with E-state index in [1.807, 2.05) is 0 Å². The number of aromatic amines is 1. The SMILES string of the molecule is CC(=O)c1ccc(NS(=O)(=O)c2c(C)[nH]c(-c3nnc(C4CC4)o3)c2C)cc1. The van der Waals surface area contributed by atoms with Crippen LogP contribution >= 0.6 is 0 Å². The zero-order chi connectivity index (χ0) is 20.1. The number of carbonyl (C=O) groups is 1. The van der Waals surface area contributed by atoms with Crippen molar-refractivity contribution in [1.29, 1.82) is 0 Å². The molecule has 2 heterocycles. The van der Waals surface area contributed by atoms with Crippen LogP contribution in [0.25, 0.3) is 11.6 Å². The first-order valence-electron chi connectivity index (χ1n) is 8.93. The van der Waals surface area contributed by atoms with E-state index in [4.69, 9.17) is 4.42 Å². The first-order valence-corrected chi connectivity index (χ1v) is 10.4. The Morgan fingerprint density at radius 1 is 1.18 bits per heavy atom. The van der Waals surface area contributed by atoms with Crippen molar-refractivity contribution in [3.05, 3.63) is 47.0 Å². The molecule has 0 radical (unpaired) electrons. The number of aryl methyl sites for hydroxylation is 1. The van der Waals surface area contributed by atoms with Crippen LogP contribution in [0.3, 0.4) is 0 Å². The standard InChI is InChI=1S/C19H20N4O4S/c1-10-16(19-22-21-18(27-19)14-4-5-14)20-11(2)17(10)28(25,26)23-15-8-6-13(7-9-15)12(3)24/h6-9,14,20,23H,4-5H2,1-3H3. The Labute approximate surface area is 162 Å². The van der Waals surface area contributed by atoms with E-state index in [-0.39, 0.29) is 16.6 Å². The number of anilines is 1. The summed E-state index contributed by atoms with van der Waals surface area (Å²) in [4.78, 5) is 14.6. The minimum Gasteiger partial charge on any atom is -0.419 e. The molecule has 146 valence electrons. The summed E-state index contributed by atoms with van der Waals surface area (Å²) in [7, 11) is -3.85. The monoisotopic (exact) mass is 400 g/mol. The summed E-state index contributed by atoms with van der Waals surface area (Å²) in [6.07, 6.45) is 2.08. The number of carbonyl (C=O) groups excluding carboxylic acids is 1. The predicted octanol–water partition coefficient (Wildman–Crippen LogP) is 3.56. The molecule has 1 fully saturated rings. The van der Waals surface area contributed by atoms with Crippen LogP contribution in [0.2, 0.25) is 0 Å². The van der Waals surface area contributed by atoms with Crippen molar-refractivity contribution in [2.24, 2.45) is 0 Å². The molecule has 0 atom stereocenters. The molecule has 3 aromatic rings. The molecule has 2 aromatic heterocycles. The summed E-state index contributed by atoms with van der Waals surface area (Å²) >= 11 is 0. The minimum atomic E-state index is -3.85. The molecular weight excluding hydrogens is 380 g/mol. The van der Waals surface area contributed by atoms with Gasteiger partial charge in [-0.25, -0.2) is 8.42 Å². The van der Waals surface area contributed by atoms with Crippen molar-refractivity contribution in [2.45, 2.75) is 44.4 Å². The van der Waals surface area contributed by atoms with Gasteiger partial charge in [0.2, 0.25) is 5.89 Å². The largest absolute Gasteiger partial charge is 0.419 e. The maximum absolute atomic E-state index is 13.0. The van der Waals surface area contributed by atoms with Gasteiger partial charge in [0.1, 0.15) is 10.6 Å². The van der Waals surface area contributed by atoms with E-state index in [1.54, 1.807) is 38.1 Å². The summed E-state index contributed by atoms with van der Waals surface area (Å²) in [6.45, 7) is 4.84. The Balaban J connectivity index is 1.65. The quantitative estimate of drug-likeness (QED) is 0.611. The fourth-order valence-corrected chi connectivity index (χ4v) is 4.67. The molecule has 4 rings (SSSR count). The second-order valence-corrected chi connectivity index (χ2v) is 8.66. The van der Waals surface area contributed by atoms with E-state index in [0.717, 1.165) is 12.8 Å². The topological polar surface area (TPSA) is 118 Å². The van der Waals surface area contributed by atoms with E-state index in [0.29, 0.717) is 40.0 Å². The highest BCUT2D eigenvalue weighted by Gasteiger charge is 2.31. The zero-order valence-electron chi connectivity index (χ0n) is 15.7. The molecule has 1 aliphatic carbocycles. The van der Waals surface area contributed by atoms with Crippen LogP contribution in [0.4, 0.5) is 5.69 Å². The van der Waals surface area contributed by atoms with Crippen molar-refractivity contribution >= 4 is 21.5 Å². The van der Waals surface area contributed by atoms with Crippen LogP contribution in [0, 0.1) is 13.8 Å². The summed E-state index contributed by atoms with van der Waals surface area (Å²) in [6, 6.07) is 6.29. The third-order valence-electron chi connectivity index (χ3n) is 4.76. The van der Waals surface area contributed by atoms with Crippen molar-refractivity contribution in [1.82, 2.24) is 15.2 Å². The minimum absolute atomic E-state index is 0.0819. The molecule has 0 aliphatic heterocycles. The maximum Gasteiger partial charge on any atom is 0.264 e. The fraction of sp³-hybridized carbons (Fsp3) is 0.316. The van der Waals surface area contributed by atoms with Crippen LogP contribution in [-0.2, 0) is 10.0 Å². The Morgan fingerprint density at radius 2 is 1.86 bits per heavy atom. The first kappa shape index (κ1) is 18.4. The number of sulfonamides is 1. The Kier molecular flexibility index (Phi) is 4.34. The van der Waals surface area contributed by atoms with Gasteiger partial charge in [0.25, 0.3) is 15.9 Å². The molecule has 28 heavy (non-hydrogen) atoms. The van der Waals surface area contributed by atoms with Gasteiger partial charge in [-0.05, 0) is 57.9 Å². The van der Waals surface area contributed by atoms with Crippen molar-refractivity contribution < 1.29 is 17.6 Å². The molecule has 0 spiro atoms. The second kappa shape index (κ2) is 6.59. The maximum atomic E-state index is 13.0. The van der Waals surface area contributed by atoms with Crippen LogP contribution < -0.4 is 4.72 Å². The normalized spacial score (nSPS) is 14.2. The Hall–Kier alpha value is -2.94.